The van der Waals surface area contributed by atoms with E-state index in [-0.39, 0.29) is 17.1 Å². The standard InChI is InChI=1S/C23H23ClN4O2S/c1-2-27-20(16-8-4-3-5-9-16)25-26-23(27)31-19-10-6-7-15-28(22(19)30)21(29)17-11-13-18(24)14-12-17/h3-5,8-9,11-14,19H,2,6-7,10,15H2,1H3/t19-/m0/s1. The first kappa shape index (κ1) is 21.6. The van der Waals surface area contributed by atoms with E-state index in [0.717, 1.165) is 24.2 Å². The quantitative estimate of drug-likeness (QED) is 0.511. The number of thioether (sulfide) groups is 1. The maximum absolute atomic E-state index is 13.3. The van der Waals surface area contributed by atoms with Crippen LogP contribution in [0.3, 0.4) is 0 Å². The smallest absolute Gasteiger partial charge is 0.260 e. The Bertz CT molecular complexity index is 1070. The average Bonchev–Trinajstić information content (AvgIpc) is 3.11. The highest BCUT2D eigenvalue weighted by atomic mass is 35.5. The van der Waals surface area contributed by atoms with Gasteiger partial charge in [0.2, 0.25) is 5.91 Å². The van der Waals surface area contributed by atoms with Crippen LogP contribution in [0.4, 0.5) is 0 Å². The highest BCUT2D eigenvalue weighted by Crippen LogP contribution is 2.32. The normalized spacial score (nSPS) is 16.9. The van der Waals surface area contributed by atoms with Crippen LogP contribution in [-0.4, -0.2) is 43.3 Å². The number of hydrogen-bond acceptors (Lipinski definition) is 5. The zero-order valence-electron chi connectivity index (χ0n) is 17.2. The summed E-state index contributed by atoms with van der Waals surface area (Å²) in [5.74, 6) is 0.325. The molecule has 0 saturated carbocycles. The molecule has 3 aromatic rings. The largest absolute Gasteiger partial charge is 0.302 e. The van der Waals surface area contributed by atoms with Crippen molar-refractivity contribution in [2.45, 2.75) is 43.1 Å². The Morgan fingerprint density at radius 3 is 2.55 bits per heavy atom. The fourth-order valence-electron chi connectivity index (χ4n) is 3.66. The summed E-state index contributed by atoms with van der Waals surface area (Å²) in [6.45, 7) is 3.14. The van der Waals surface area contributed by atoms with Crippen LogP contribution >= 0.6 is 23.4 Å². The Balaban J connectivity index is 1.57. The molecule has 2 amide bonds. The fourth-order valence-corrected chi connectivity index (χ4v) is 4.98. The Morgan fingerprint density at radius 2 is 1.84 bits per heavy atom. The second-order valence-corrected chi connectivity index (χ2v) is 8.93. The van der Waals surface area contributed by atoms with Crippen LogP contribution in [0.25, 0.3) is 11.4 Å². The molecule has 1 fully saturated rings. The van der Waals surface area contributed by atoms with Crippen molar-refractivity contribution in [1.29, 1.82) is 0 Å². The minimum Gasteiger partial charge on any atom is -0.302 e. The highest BCUT2D eigenvalue weighted by molar-refractivity contribution is 8.00. The zero-order chi connectivity index (χ0) is 21.8. The van der Waals surface area contributed by atoms with Gasteiger partial charge in [-0.2, -0.15) is 0 Å². The van der Waals surface area contributed by atoms with Crippen molar-refractivity contribution in [1.82, 2.24) is 19.7 Å². The lowest BCUT2D eigenvalue weighted by molar-refractivity contribution is -0.127. The Kier molecular flexibility index (Phi) is 6.73. The lowest BCUT2D eigenvalue weighted by Crippen LogP contribution is -2.41. The van der Waals surface area contributed by atoms with Gasteiger partial charge in [-0.1, -0.05) is 60.1 Å². The molecule has 0 radical (unpaired) electrons. The number of rotatable bonds is 5. The SMILES string of the molecule is CCn1c(S[C@H]2CCCCN(C(=O)c3ccc(Cl)cc3)C2=O)nnc1-c1ccccc1. The minimum absolute atomic E-state index is 0.172. The molecular formula is C23H23ClN4O2S. The first-order chi connectivity index (χ1) is 15.1. The van der Waals surface area contributed by atoms with Crippen LogP contribution in [-0.2, 0) is 11.3 Å². The van der Waals surface area contributed by atoms with Gasteiger partial charge in [0.1, 0.15) is 0 Å². The van der Waals surface area contributed by atoms with Crippen LogP contribution in [0.1, 0.15) is 36.5 Å². The average molecular weight is 455 g/mol. The topological polar surface area (TPSA) is 68.1 Å². The van der Waals surface area contributed by atoms with E-state index in [1.165, 1.54) is 16.7 Å². The monoisotopic (exact) mass is 454 g/mol. The summed E-state index contributed by atoms with van der Waals surface area (Å²) in [6, 6.07) is 16.5. The number of benzene rings is 2. The van der Waals surface area contributed by atoms with Crippen LogP contribution in [0, 0.1) is 0 Å². The molecule has 2 aromatic carbocycles. The molecule has 8 heteroatoms. The first-order valence-corrected chi connectivity index (χ1v) is 11.6. The third-order valence-corrected chi connectivity index (χ3v) is 6.78. The van der Waals surface area contributed by atoms with Crippen LogP contribution < -0.4 is 0 Å². The van der Waals surface area contributed by atoms with Crippen LogP contribution in [0.15, 0.2) is 59.8 Å². The van der Waals surface area contributed by atoms with Crippen molar-refractivity contribution >= 4 is 35.2 Å². The molecule has 160 valence electrons. The van der Waals surface area contributed by atoms with Gasteiger partial charge >= 0.3 is 0 Å². The summed E-state index contributed by atoms with van der Waals surface area (Å²) >= 11 is 7.33. The molecule has 1 atom stereocenters. The van der Waals surface area contributed by atoms with Gasteiger partial charge in [0, 0.05) is 29.2 Å². The van der Waals surface area contributed by atoms with Crippen molar-refractivity contribution in [3.05, 3.63) is 65.2 Å². The number of amides is 2. The molecule has 1 saturated heterocycles. The van der Waals surface area contributed by atoms with Crippen molar-refractivity contribution in [2.75, 3.05) is 6.54 Å². The number of aromatic nitrogens is 3. The van der Waals surface area contributed by atoms with Crippen molar-refractivity contribution in [2.24, 2.45) is 0 Å². The maximum atomic E-state index is 13.3. The highest BCUT2D eigenvalue weighted by Gasteiger charge is 2.33. The van der Waals surface area contributed by atoms with Gasteiger partial charge in [0.05, 0.1) is 5.25 Å². The van der Waals surface area contributed by atoms with Gasteiger partial charge in [0.15, 0.2) is 11.0 Å². The van der Waals surface area contributed by atoms with Crippen molar-refractivity contribution in [3.63, 3.8) is 0 Å². The molecule has 0 unspecified atom stereocenters. The number of carbonyl (C=O) groups excluding carboxylic acids is 2. The maximum Gasteiger partial charge on any atom is 0.260 e. The van der Waals surface area contributed by atoms with Gasteiger partial charge in [-0.25, -0.2) is 0 Å². The van der Waals surface area contributed by atoms with E-state index in [9.17, 15) is 9.59 Å². The minimum atomic E-state index is -0.378. The van der Waals surface area contributed by atoms with Gasteiger partial charge in [-0.3, -0.25) is 14.5 Å². The van der Waals surface area contributed by atoms with E-state index in [1.807, 2.05) is 41.8 Å². The van der Waals surface area contributed by atoms with Crippen LogP contribution in [0.5, 0.6) is 0 Å². The summed E-state index contributed by atoms with van der Waals surface area (Å²) < 4.78 is 2.02. The summed E-state index contributed by atoms with van der Waals surface area (Å²) in [6.07, 6.45) is 2.36. The molecule has 0 bridgehead atoms. The molecule has 1 aromatic heterocycles. The first-order valence-electron chi connectivity index (χ1n) is 10.3. The molecule has 2 heterocycles. The molecule has 31 heavy (non-hydrogen) atoms. The number of carbonyl (C=O) groups is 2. The molecule has 0 aliphatic carbocycles. The molecule has 0 spiro atoms. The summed E-state index contributed by atoms with van der Waals surface area (Å²) in [7, 11) is 0. The lowest BCUT2D eigenvalue weighted by Gasteiger charge is -2.22. The third kappa shape index (κ3) is 4.67. The molecule has 4 rings (SSSR count). The van der Waals surface area contributed by atoms with E-state index in [0.29, 0.717) is 35.3 Å². The lowest BCUT2D eigenvalue weighted by atomic mass is 10.2. The molecular weight excluding hydrogens is 432 g/mol. The summed E-state index contributed by atoms with van der Waals surface area (Å²) in [5.41, 5.74) is 1.45. The van der Waals surface area contributed by atoms with Crippen LogP contribution in [0.2, 0.25) is 5.02 Å². The number of halogens is 1. The predicted octanol–water partition coefficient (Wildman–Crippen LogP) is 4.93. The number of likely N-dealkylation sites (tertiary alicyclic amines) is 1. The summed E-state index contributed by atoms with van der Waals surface area (Å²) in [4.78, 5) is 27.7. The molecule has 6 nitrogen and oxygen atoms in total. The Hall–Kier alpha value is -2.64. The van der Waals surface area contributed by atoms with Gasteiger partial charge in [-0.05, 0) is 44.0 Å². The van der Waals surface area contributed by atoms with Gasteiger partial charge < -0.3 is 4.57 Å². The fraction of sp³-hybridized carbons (Fsp3) is 0.304. The van der Waals surface area contributed by atoms with E-state index in [4.69, 9.17) is 11.6 Å². The van der Waals surface area contributed by atoms with Crippen molar-refractivity contribution in [3.8, 4) is 11.4 Å². The second kappa shape index (κ2) is 9.66. The number of nitrogens with zero attached hydrogens (tertiary/aromatic N) is 4. The van der Waals surface area contributed by atoms with E-state index >= 15 is 0 Å². The third-order valence-electron chi connectivity index (χ3n) is 5.29. The molecule has 0 N–H and O–H groups in total. The Morgan fingerprint density at radius 1 is 1.10 bits per heavy atom. The predicted molar refractivity (Wildman–Crippen MR) is 122 cm³/mol. The zero-order valence-corrected chi connectivity index (χ0v) is 18.8. The van der Waals surface area contributed by atoms with E-state index in [2.05, 4.69) is 10.2 Å². The Labute approximate surface area is 190 Å². The van der Waals surface area contributed by atoms with Gasteiger partial charge in [0.25, 0.3) is 5.91 Å². The number of imide groups is 1. The van der Waals surface area contributed by atoms with E-state index in [1.54, 1.807) is 24.3 Å². The second-order valence-electron chi connectivity index (χ2n) is 7.32. The van der Waals surface area contributed by atoms with E-state index < -0.39 is 0 Å². The molecule has 1 aliphatic rings. The molecule has 1 aliphatic heterocycles. The summed E-state index contributed by atoms with van der Waals surface area (Å²) in [5, 5.41) is 9.61. The van der Waals surface area contributed by atoms with Gasteiger partial charge in [-0.15, -0.1) is 10.2 Å². The van der Waals surface area contributed by atoms with Crippen molar-refractivity contribution < 1.29 is 9.59 Å². The number of hydrogen-bond donors (Lipinski definition) is 0.